The molecule has 3 aromatic rings. The molecule has 1 aromatic carbocycles. The van der Waals surface area contributed by atoms with Crippen molar-refractivity contribution in [3.63, 3.8) is 0 Å². The molecule has 7 nitrogen and oxygen atoms in total. The van der Waals surface area contributed by atoms with E-state index in [-0.39, 0.29) is 0 Å². The van der Waals surface area contributed by atoms with Crippen LogP contribution in [0.3, 0.4) is 0 Å². The molecule has 8 heteroatoms. The van der Waals surface area contributed by atoms with Gasteiger partial charge in [-0.1, -0.05) is 23.7 Å². The molecule has 0 saturated heterocycles. The number of halogens is 1. The zero-order valence-electron chi connectivity index (χ0n) is 12.8. The molecule has 0 aliphatic rings. The number of benzene rings is 1. The first kappa shape index (κ1) is 15.4. The molecule has 120 valence electrons. The number of imidazole rings is 1. The molecule has 0 fully saturated rings. The van der Waals surface area contributed by atoms with E-state index in [4.69, 9.17) is 11.6 Å². The van der Waals surface area contributed by atoms with Gasteiger partial charge in [0.05, 0.1) is 6.54 Å². The van der Waals surface area contributed by atoms with Crippen molar-refractivity contribution in [1.82, 2.24) is 19.1 Å². The zero-order valence-corrected chi connectivity index (χ0v) is 13.5. The maximum absolute atomic E-state index is 12.3. The Bertz CT molecular complexity index is 968. The first-order chi connectivity index (χ1) is 11.0. The lowest BCUT2D eigenvalue weighted by molar-refractivity contribution is 0.807. The fourth-order valence-corrected chi connectivity index (χ4v) is 2.58. The molecule has 0 bridgehead atoms. The number of H-pyrrole nitrogens is 1. The third kappa shape index (κ3) is 2.75. The standard InChI is InChI=1S/C15H16ClN5O2/c1-3-17-14-18-12-11(13(22)19-15(23)20(12)2)21(14)8-9-4-6-10(16)7-5-9/h4-7H,3,8H2,1-2H3,(H,17,18)(H,19,22,23). The van der Waals surface area contributed by atoms with Crippen LogP contribution in [0, 0.1) is 0 Å². The second kappa shape index (κ2) is 5.92. The van der Waals surface area contributed by atoms with E-state index in [1.165, 1.54) is 4.57 Å². The molecule has 0 aliphatic heterocycles. The molecule has 0 radical (unpaired) electrons. The third-order valence-electron chi connectivity index (χ3n) is 3.60. The van der Waals surface area contributed by atoms with Gasteiger partial charge in [-0.2, -0.15) is 4.98 Å². The van der Waals surface area contributed by atoms with Gasteiger partial charge < -0.3 is 5.32 Å². The van der Waals surface area contributed by atoms with Crippen LogP contribution in [0.15, 0.2) is 33.9 Å². The molecule has 0 saturated carbocycles. The summed E-state index contributed by atoms with van der Waals surface area (Å²) in [6, 6.07) is 7.37. The fourth-order valence-electron chi connectivity index (χ4n) is 2.45. The normalized spacial score (nSPS) is 11.1. The monoisotopic (exact) mass is 333 g/mol. The number of hydrogen-bond donors (Lipinski definition) is 2. The van der Waals surface area contributed by atoms with Gasteiger partial charge in [-0.25, -0.2) is 4.79 Å². The molecule has 0 amide bonds. The van der Waals surface area contributed by atoms with Gasteiger partial charge in [-0.05, 0) is 24.6 Å². The summed E-state index contributed by atoms with van der Waals surface area (Å²) in [5.74, 6) is 0.546. The molecule has 2 N–H and O–H groups in total. The predicted molar refractivity (Wildman–Crippen MR) is 90.3 cm³/mol. The average Bonchev–Trinajstić information content (AvgIpc) is 2.87. The lowest BCUT2D eigenvalue weighted by Crippen LogP contribution is -2.29. The van der Waals surface area contributed by atoms with Crippen molar-refractivity contribution in [2.75, 3.05) is 11.9 Å². The van der Waals surface area contributed by atoms with Crippen LogP contribution in [-0.2, 0) is 13.6 Å². The highest BCUT2D eigenvalue weighted by atomic mass is 35.5. The summed E-state index contributed by atoms with van der Waals surface area (Å²) in [4.78, 5) is 30.7. The summed E-state index contributed by atoms with van der Waals surface area (Å²) < 4.78 is 3.09. The average molecular weight is 334 g/mol. The number of anilines is 1. The quantitative estimate of drug-likeness (QED) is 0.758. The highest BCUT2D eigenvalue weighted by molar-refractivity contribution is 6.30. The first-order valence-corrected chi connectivity index (χ1v) is 7.57. The number of aryl methyl sites for hydroxylation is 1. The van der Waals surface area contributed by atoms with E-state index in [2.05, 4.69) is 15.3 Å². The van der Waals surface area contributed by atoms with Gasteiger partial charge in [0, 0.05) is 18.6 Å². The van der Waals surface area contributed by atoms with E-state index in [0.717, 1.165) is 5.56 Å². The SMILES string of the molecule is CCNc1nc2c(c(=O)[nH]c(=O)n2C)n1Cc1ccc(Cl)cc1. The number of nitrogens with zero attached hydrogens (tertiary/aromatic N) is 3. The second-order valence-electron chi connectivity index (χ2n) is 5.17. The van der Waals surface area contributed by atoms with Gasteiger partial charge in [0.15, 0.2) is 11.2 Å². The van der Waals surface area contributed by atoms with Crippen molar-refractivity contribution < 1.29 is 0 Å². The Balaban J connectivity index is 2.22. The number of fused-ring (bicyclic) bond motifs is 1. The molecule has 0 spiro atoms. The Labute approximate surface area is 136 Å². The van der Waals surface area contributed by atoms with E-state index in [0.29, 0.717) is 35.2 Å². The highest BCUT2D eigenvalue weighted by Crippen LogP contribution is 2.18. The lowest BCUT2D eigenvalue weighted by Gasteiger charge is -2.09. The van der Waals surface area contributed by atoms with Crippen molar-refractivity contribution in [1.29, 1.82) is 0 Å². The summed E-state index contributed by atoms with van der Waals surface area (Å²) in [5.41, 5.74) is 0.748. The van der Waals surface area contributed by atoms with Gasteiger partial charge in [0.25, 0.3) is 5.56 Å². The van der Waals surface area contributed by atoms with Crippen LogP contribution in [0.4, 0.5) is 5.95 Å². The van der Waals surface area contributed by atoms with Crippen LogP contribution in [-0.4, -0.2) is 25.6 Å². The van der Waals surface area contributed by atoms with Crippen LogP contribution in [0.2, 0.25) is 5.02 Å². The summed E-state index contributed by atoms with van der Waals surface area (Å²) in [6.45, 7) is 3.03. The molecule has 2 heterocycles. The number of rotatable bonds is 4. The van der Waals surface area contributed by atoms with Gasteiger partial charge in [-0.15, -0.1) is 0 Å². The minimum absolute atomic E-state index is 0.351. The third-order valence-corrected chi connectivity index (χ3v) is 3.85. The van der Waals surface area contributed by atoms with Crippen LogP contribution in [0.5, 0.6) is 0 Å². The smallest absolute Gasteiger partial charge is 0.329 e. The van der Waals surface area contributed by atoms with Gasteiger partial charge >= 0.3 is 5.69 Å². The maximum Gasteiger partial charge on any atom is 0.329 e. The first-order valence-electron chi connectivity index (χ1n) is 7.19. The molecule has 0 atom stereocenters. The maximum atomic E-state index is 12.3. The molecule has 0 aliphatic carbocycles. The van der Waals surface area contributed by atoms with Gasteiger partial charge in [0.2, 0.25) is 5.95 Å². The van der Waals surface area contributed by atoms with E-state index >= 15 is 0 Å². The minimum Gasteiger partial charge on any atom is -0.356 e. The van der Waals surface area contributed by atoms with E-state index in [1.807, 2.05) is 19.1 Å². The summed E-state index contributed by atoms with van der Waals surface area (Å²) in [5, 5.41) is 3.78. The van der Waals surface area contributed by atoms with E-state index < -0.39 is 11.2 Å². The molecule has 23 heavy (non-hydrogen) atoms. The Kier molecular flexibility index (Phi) is 3.96. The number of aromatic amines is 1. The van der Waals surface area contributed by atoms with Crippen molar-refractivity contribution in [2.45, 2.75) is 13.5 Å². The molecule has 3 rings (SSSR count). The Morgan fingerprint density at radius 3 is 2.61 bits per heavy atom. The molecular weight excluding hydrogens is 318 g/mol. The van der Waals surface area contributed by atoms with Crippen molar-refractivity contribution in [3.8, 4) is 0 Å². The van der Waals surface area contributed by atoms with Crippen molar-refractivity contribution in [3.05, 3.63) is 55.7 Å². The van der Waals surface area contributed by atoms with E-state index in [9.17, 15) is 9.59 Å². The predicted octanol–water partition coefficient (Wildman–Crippen LogP) is 1.56. The van der Waals surface area contributed by atoms with Gasteiger partial charge in [0.1, 0.15) is 0 Å². The largest absolute Gasteiger partial charge is 0.356 e. The zero-order chi connectivity index (χ0) is 16.6. The summed E-state index contributed by atoms with van der Waals surface area (Å²) >= 11 is 5.91. The Hall–Kier alpha value is -2.54. The topological polar surface area (TPSA) is 84.7 Å². The number of hydrogen-bond acceptors (Lipinski definition) is 4. The Morgan fingerprint density at radius 1 is 1.26 bits per heavy atom. The van der Waals surface area contributed by atoms with Crippen LogP contribution < -0.4 is 16.6 Å². The van der Waals surface area contributed by atoms with Crippen molar-refractivity contribution in [2.24, 2.45) is 7.05 Å². The molecule has 0 unspecified atom stereocenters. The van der Waals surface area contributed by atoms with E-state index in [1.54, 1.807) is 23.7 Å². The van der Waals surface area contributed by atoms with Gasteiger partial charge in [-0.3, -0.25) is 18.9 Å². The van der Waals surface area contributed by atoms with Crippen LogP contribution >= 0.6 is 11.6 Å². The van der Waals surface area contributed by atoms with Crippen molar-refractivity contribution >= 4 is 28.7 Å². The molecular formula is C15H16ClN5O2. The Morgan fingerprint density at radius 2 is 1.96 bits per heavy atom. The number of aromatic nitrogens is 4. The second-order valence-corrected chi connectivity index (χ2v) is 5.61. The van der Waals surface area contributed by atoms with Crippen LogP contribution in [0.25, 0.3) is 11.2 Å². The summed E-state index contributed by atoms with van der Waals surface area (Å²) in [6.07, 6.45) is 0. The summed E-state index contributed by atoms with van der Waals surface area (Å²) in [7, 11) is 1.58. The minimum atomic E-state index is -0.485. The van der Waals surface area contributed by atoms with Crippen LogP contribution in [0.1, 0.15) is 12.5 Å². The highest BCUT2D eigenvalue weighted by Gasteiger charge is 2.17. The fraction of sp³-hybridized carbons (Fsp3) is 0.267. The molecule has 2 aromatic heterocycles. The number of nitrogens with one attached hydrogen (secondary N) is 2. The lowest BCUT2D eigenvalue weighted by atomic mass is 10.2.